The average molecular weight is 334 g/mol. The highest BCUT2D eigenvalue weighted by molar-refractivity contribution is 9.10. The molecule has 0 aliphatic carbocycles. The largest absolute Gasteiger partial charge is 0.496 e. The van der Waals surface area contributed by atoms with Crippen molar-refractivity contribution in [1.82, 2.24) is 0 Å². The van der Waals surface area contributed by atoms with Crippen molar-refractivity contribution in [2.75, 3.05) is 7.11 Å². The lowest BCUT2D eigenvalue weighted by Gasteiger charge is -2.20. The fourth-order valence-electron chi connectivity index (χ4n) is 2.48. The first-order valence-electron chi connectivity index (χ1n) is 6.61. The van der Waals surface area contributed by atoms with E-state index in [4.69, 9.17) is 10.5 Å². The van der Waals surface area contributed by atoms with Gasteiger partial charge in [-0.1, -0.05) is 34.1 Å². The zero-order valence-corrected chi connectivity index (χ0v) is 13.9. The standard InChI is InChI=1S/C17H20BrNO/c1-10-5-7-15(17(20-4)12(10)3)16(19)14-8-6-13(18)9-11(14)2/h5-9,16H,19H2,1-4H3. The van der Waals surface area contributed by atoms with Gasteiger partial charge in [-0.25, -0.2) is 0 Å². The number of hydrogen-bond donors (Lipinski definition) is 1. The summed E-state index contributed by atoms with van der Waals surface area (Å²) in [6.45, 7) is 6.23. The van der Waals surface area contributed by atoms with Gasteiger partial charge in [-0.2, -0.15) is 0 Å². The molecule has 1 unspecified atom stereocenters. The molecule has 0 aliphatic heterocycles. The fourth-order valence-corrected chi connectivity index (χ4v) is 2.96. The number of halogens is 1. The molecule has 0 radical (unpaired) electrons. The summed E-state index contributed by atoms with van der Waals surface area (Å²) in [6.07, 6.45) is 0. The summed E-state index contributed by atoms with van der Waals surface area (Å²) in [5.41, 5.74) is 12.2. The lowest BCUT2D eigenvalue weighted by atomic mass is 9.92. The first kappa shape index (κ1) is 15.1. The molecule has 0 spiro atoms. The van der Waals surface area contributed by atoms with Gasteiger partial charge >= 0.3 is 0 Å². The molecular weight excluding hydrogens is 314 g/mol. The molecule has 2 rings (SSSR count). The Morgan fingerprint density at radius 2 is 1.65 bits per heavy atom. The van der Waals surface area contributed by atoms with Crippen molar-refractivity contribution in [3.63, 3.8) is 0 Å². The topological polar surface area (TPSA) is 35.2 Å². The maximum atomic E-state index is 6.47. The molecular formula is C17H20BrNO. The van der Waals surface area contributed by atoms with Crippen molar-refractivity contribution < 1.29 is 4.74 Å². The number of hydrogen-bond acceptors (Lipinski definition) is 2. The van der Waals surface area contributed by atoms with E-state index in [0.717, 1.165) is 26.9 Å². The van der Waals surface area contributed by atoms with Crippen LogP contribution in [0.2, 0.25) is 0 Å². The molecule has 0 heterocycles. The van der Waals surface area contributed by atoms with E-state index in [1.165, 1.54) is 11.1 Å². The smallest absolute Gasteiger partial charge is 0.127 e. The third-order valence-corrected chi connectivity index (χ3v) is 4.31. The first-order chi connectivity index (χ1) is 9.45. The van der Waals surface area contributed by atoms with E-state index in [0.29, 0.717) is 0 Å². The van der Waals surface area contributed by atoms with Crippen molar-refractivity contribution in [1.29, 1.82) is 0 Å². The number of nitrogens with two attached hydrogens (primary N) is 1. The molecule has 0 fully saturated rings. The predicted molar refractivity (Wildman–Crippen MR) is 87.4 cm³/mol. The summed E-state index contributed by atoms with van der Waals surface area (Å²) < 4.78 is 6.64. The summed E-state index contributed by atoms with van der Waals surface area (Å²) >= 11 is 3.49. The van der Waals surface area contributed by atoms with E-state index in [9.17, 15) is 0 Å². The zero-order chi connectivity index (χ0) is 14.9. The summed E-state index contributed by atoms with van der Waals surface area (Å²) in [4.78, 5) is 0. The molecule has 2 aromatic rings. The highest BCUT2D eigenvalue weighted by Gasteiger charge is 2.18. The van der Waals surface area contributed by atoms with Crippen LogP contribution in [0.4, 0.5) is 0 Å². The van der Waals surface area contributed by atoms with Gasteiger partial charge < -0.3 is 10.5 Å². The quantitative estimate of drug-likeness (QED) is 0.901. The maximum absolute atomic E-state index is 6.47. The summed E-state index contributed by atoms with van der Waals surface area (Å²) in [7, 11) is 1.70. The van der Waals surface area contributed by atoms with Crippen LogP contribution in [-0.2, 0) is 0 Å². The Labute approximate surface area is 129 Å². The highest BCUT2D eigenvalue weighted by atomic mass is 79.9. The molecule has 2 nitrogen and oxygen atoms in total. The summed E-state index contributed by atoms with van der Waals surface area (Å²) in [5, 5.41) is 0. The van der Waals surface area contributed by atoms with Gasteiger partial charge in [0.05, 0.1) is 13.2 Å². The van der Waals surface area contributed by atoms with Crippen molar-refractivity contribution in [2.24, 2.45) is 5.73 Å². The monoisotopic (exact) mass is 333 g/mol. The molecule has 2 N–H and O–H groups in total. The van der Waals surface area contributed by atoms with Crippen LogP contribution in [0.3, 0.4) is 0 Å². The van der Waals surface area contributed by atoms with Crippen LogP contribution in [0.1, 0.15) is 33.9 Å². The van der Waals surface area contributed by atoms with Gasteiger partial charge in [0.1, 0.15) is 5.75 Å². The van der Waals surface area contributed by atoms with Gasteiger partial charge in [0, 0.05) is 10.0 Å². The minimum atomic E-state index is -0.183. The minimum absolute atomic E-state index is 0.183. The molecule has 20 heavy (non-hydrogen) atoms. The Bertz CT molecular complexity index is 637. The first-order valence-corrected chi connectivity index (χ1v) is 7.40. The molecule has 2 aromatic carbocycles. The van der Waals surface area contributed by atoms with E-state index in [2.05, 4.69) is 61.0 Å². The van der Waals surface area contributed by atoms with Crippen molar-refractivity contribution >= 4 is 15.9 Å². The third-order valence-electron chi connectivity index (χ3n) is 3.81. The van der Waals surface area contributed by atoms with Crippen molar-refractivity contribution in [3.8, 4) is 5.75 Å². The Morgan fingerprint density at radius 3 is 2.25 bits per heavy atom. The molecule has 1 atom stereocenters. The van der Waals surface area contributed by atoms with Gasteiger partial charge in [-0.3, -0.25) is 0 Å². The Kier molecular flexibility index (Phi) is 4.51. The number of benzene rings is 2. The normalized spacial score (nSPS) is 12.3. The molecule has 0 saturated heterocycles. The zero-order valence-electron chi connectivity index (χ0n) is 12.3. The Hall–Kier alpha value is -1.32. The van der Waals surface area contributed by atoms with E-state index >= 15 is 0 Å². The second-order valence-electron chi connectivity index (χ2n) is 5.11. The van der Waals surface area contributed by atoms with E-state index in [1.54, 1.807) is 7.11 Å². The summed E-state index contributed by atoms with van der Waals surface area (Å²) in [5.74, 6) is 0.889. The molecule has 0 bridgehead atoms. The van der Waals surface area contributed by atoms with Crippen LogP contribution >= 0.6 is 15.9 Å². The lowest BCUT2D eigenvalue weighted by molar-refractivity contribution is 0.404. The van der Waals surface area contributed by atoms with Crippen LogP contribution in [0.25, 0.3) is 0 Å². The van der Waals surface area contributed by atoms with Gasteiger partial charge in [0.15, 0.2) is 0 Å². The van der Waals surface area contributed by atoms with Gasteiger partial charge in [-0.15, -0.1) is 0 Å². The van der Waals surface area contributed by atoms with Gasteiger partial charge in [0.2, 0.25) is 0 Å². The molecule has 0 saturated carbocycles. The van der Waals surface area contributed by atoms with Crippen LogP contribution in [0.5, 0.6) is 5.75 Å². The van der Waals surface area contributed by atoms with Crippen LogP contribution in [0, 0.1) is 20.8 Å². The Morgan fingerprint density at radius 1 is 1.00 bits per heavy atom. The average Bonchev–Trinajstić information content (AvgIpc) is 2.41. The predicted octanol–water partition coefficient (Wildman–Crippen LogP) is 4.43. The number of aryl methyl sites for hydroxylation is 2. The van der Waals surface area contributed by atoms with Gasteiger partial charge in [-0.05, 0) is 55.2 Å². The number of ether oxygens (including phenoxy) is 1. The van der Waals surface area contributed by atoms with Crippen LogP contribution < -0.4 is 10.5 Å². The third kappa shape index (κ3) is 2.74. The van der Waals surface area contributed by atoms with Gasteiger partial charge in [0.25, 0.3) is 0 Å². The van der Waals surface area contributed by atoms with E-state index in [1.807, 2.05) is 6.07 Å². The molecule has 0 aliphatic rings. The van der Waals surface area contributed by atoms with Crippen molar-refractivity contribution in [3.05, 3.63) is 62.6 Å². The SMILES string of the molecule is COc1c(C(N)c2ccc(Br)cc2C)ccc(C)c1C. The molecule has 106 valence electrons. The number of methoxy groups -OCH3 is 1. The second kappa shape index (κ2) is 5.98. The lowest BCUT2D eigenvalue weighted by Crippen LogP contribution is -2.15. The highest BCUT2D eigenvalue weighted by Crippen LogP contribution is 2.34. The second-order valence-corrected chi connectivity index (χ2v) is 6.02. The van der Waals surface area contributed by atoms with Crippen LogP contribution in [-0.4, -0.2) is 7.11 Å². The van der Waals surface area contributed by atoms with Crippen LogP contribution in [0.15, 0.2) is 34.8 Å². The van der Waals surface area contributed by atoms with Crippen molar-refractivity contribution in [2.45, 2.75) is 26.8 Å². The Balaban J connectivity index is 2.53. The molecule has 3 heteroatoms. The fraction of sp³-hybridized carbons (Fsp3) is 0.294. The molecule has 0 amide bonds. The van der Waals surface area contributed by atoms with E-state index in [-0.39, 0.29) is 6.04 Å². The summed E-state index contributed by atoms with van der Waals surface area (Å²) in [6, 6.07) is 10.2. The number of rotatable bonds is 3. The maximum Gasteiger partial charge on any atom is 0.127 e. The van der Waals surface area contributed by atoms with E-state index < -0.39 is 0 Å². The molecule has 0 aromatic heterocycles. The minimum Gasteiger partial charge on any atom is -0.496 e.